The summed E-state index contributed by atoms with van der Waals surface area (Å²) >= 11 is 12.5. The zero-order chi connectivity index (χ0) is 13.8. The van der Waals surface area contributed by atoms with Gasteiger partial charge in [0.25, 0.3) is 5.22 Å². The van der Waals surface area contributed by atoms with Crippen LogP contribution in [0.2, 0.25) is 10.3 Å². The predicted molar refractivity (Wildman–Crippen MR) is 66.4 cm³/mol. The van der Waals surface area contributed by atoms with Gasteiger partial charge in [-0.3, -0.25) is 0 Å². The van der Waals surface area contributed by atoms with E-state index in [1.807, 2.05) is 0 Å². The second-order valence-corrected chi connectivity index (χ2v) is 4.76. The Kier molecular flexibility index (Phi) is 4.56. The number of hydrogen-bond acceptors (Lipinski definition) is 8. The molecule has 0 saturated heterocycles. The monoisotopic (exact) mass is 320 g/mol. The third-order valence-electron chi connectivity index (χ3n) is 1.74. The lowest BCUT2D eigenvalue weighted by Crippen LogP contribution is -2.04. The number of hydrogen-bond donors (Lipinski definition) is 0. The van der Waals surface area contributed by atoms with Crippen LogP contribution in [0.15, 0.2) is 20.6 Å². The highest BCUT2D eigenvalue weighted by atomic mass is 35.5. The molecular weight excluding hydrogens is 315 g/mol. The minimum absolute atomic E-state index is 0.119. The molecule has 10 heteroatoms. The Morgan fingerprint density at radius 2 is 2.16 bits per heavy atom. The van der Waals surface area contributed by atoms with Gasteiger partial charge < -0.3 is 9.15 Å². The van der Waals surface area contributed by atoms with E-state index in [9.17, 15) is 4.79 Å². The first-order valence-electron chi connectivity index (χ1n) is 4.97. The molecule has 0 spiro atoms. The number of nitrogens with zero attached hydrogens (tertiary/aromatic N) is 4. The molecule has 0 amide bonds. The van der Waals surface area contributed by atoms with E-state index in [1.165, 1.54) is 6.07 Å². The minimum atomic E-state index is -0.682. The van der Waals surface area contributed by atoms with Gasteiger partial charge in [0.05, 0.1) is 11.5 Å². The number of carbonyl (C=O) groups excluding carboxylic acids is 1. The van der Waals surface area contributed by atoms with Crippen molar-refractivity contribution in [1.82, 2.24) is 20.4 Å². The van der Waals surface area contributed by atoms with Crippen molar-refractivity contribution < 1.29 is 13.9 Å². The van der Waals surface area contributed by atoms with Crippen LogP contribution < -0.4 is 0 Å². The van der Waals surface area contributed by atoms with Gasteiger partial charge in [-0.1, -0.05) is 28.3 Å². The van der Waals surface area contributed by atoms with E-state index in [1.54, 1.807) is 6.92 Å². The molecule has 100 valence electrons. The highest BCUT2D eigenvalue weighted by Gasteiger charge is 2.17. The fourth-order valence-electron chi connectivity index (χ4n) is 1.03. The maximum atomic E-state index is 11.3. The van der Waals surface area contributed by atoms with Crippen molar-refractivity contribution in [3.05, 3.63) is 22.3 Å². The number of aromatic nitrogens is 4. The fraction of sp³-hybridized carbons (Fsp3) is 0.222. The van der Waals surface area contributed by atoms with Gasteiger partial charge in [0.2, 0.25) is 0 Å². The summed E-state index contributed by atoms with van der Waals surface area (Å²) in [6, 6.07) is 1.50. The van der Waals surface area contributed by atoms with Crippen LogP contribution in [0.25, 0.3) is 0 Å². The zero-order valence-corrected chi connectivity index (χ0v) is 11.8. The number of carbonyl (C=O) groups is 1. The number of ether oxygens (including phenoxy) is 1. The summed E-state index contributed by atoms with van der Waals surface area (Å²) in [6.07, 6.45) is 0. The van der Waals surface area contributed by atoms with Crippen molar-refractivity contribution in [2.24, 2.45) is 0 Å². The Morgan fingerprint density at radius 1 is 1.37 bits per heavy atom. The summed E-state index contributed by atoms with van der Waals surface area (Å²) in [4.78, 5) is 11.8. The molecule has 0 saturated carbocycles. The molecule has 0 bridgehead atoms. The molecule has 2 rings (SSSR count). The molecule has 0 aliphatic carbocycles. The molecule has 0 radical (unpaired) electrons. The highest BCUT2D eigenvalue weighted by molar-refractivity contribution is 7.99. The molecule has 2 heterocycles. The van der Waals surface area contributed by atoms with Gasteiger partial charge in [0.1, 0.15) is 0 Å². The van der Waals surface area contributed by atoms with Crippen molar-refractivity contribution in [1.29, 1.82) is 0 Å². The van der Waals surface area contributed by atoms with Gasteiger partial charge in [0.15, 0.2) is 10.3 Å². The van der Waals surface area contributed by atoms with E-state index in [0.29, 0.717) is 4.90 Å². The molecule has 0 unspecified atom stereocenters. The van der Waals surface area contributed by atoms with Gasteiger partial charge in [0, 0.05) is 0 Å². The quantitative estimate of drug-likeness (QED) is 0.793. The first-order valence-corrected chi connectivity index (χ1v) is 6.54. The standard InChI is InChI=1S/C9H6Cl2N4O3S/c1-2-17-8(16)7-14-15-9(18-7)19-4-3-5(10)12-13-6(4)11/h3H,2H2,1H3. The molecule has 0 atom stereocenters. The number of halogens is 2. The fourth-order valence-corrected chi connectivity index (χ4v) is 2.14. The van der Waals surface area contributed by atoms with Gasteiger partial charge in [-0.2, -0.15) is 0 Å². The van der Waals surface area contributed by atoms with E-state index in [0.717, 1.165) is 11.8 Å². The van der Waals surface area contributed by atoms with E-state index < -0.39 is 5.97 Å². The van der Waals surface area contributed by atoms with Crippen LogP contribution in [0.1, 0.15) is 17.6 Å². The van der Waals surface area contributed by atoms with Crippen LogP contribution in [0.4, 0.5) is 0 Å². The van der Waals surface area contributed by atoms with Crippen LogP contribution in [-0.2, 0) is 4.74 Å². The average molecular weight is 321 g/mol. The average Bonchev–Trinajstić information content (AvgIpc) is 2.83. The molecule has 0 N–H and O–H groups in total. The Hall–Kier alpha value is -1.38. The van der Waals surface area contributed by atoms with Crippen molar-refractivity contribution in [3.8, 4) is 0 Å². The smallest absolute Gasteiger partial charge is 0.396 e. The lowest BCUT2D eigenvalue weighted by atomic mass is 10.6. The third-order valence-corrected chi connectivity index (χ3v) is 3.19. The number of esters is 1. The van der Waals surface area contributed by atoms with Gasteiger partial charge >= 0.3 is 11.9 Å². The van der Waals surface area contributed by atoms with E-state index in [-0.39, 0.29) is 28.0 Å². The van der Waals surface area contributed by atoms with Crippen molar-refractivity contribution >= 4 is 40.9 Å². The normalized spacial score (nSPS) is 10.5. The second kappa shape index (κ2) is 6.18. The summed E-state index contributed by atoms with van der Waals surface area (Å²) in [5.41, 5.74) is 0. The lowest BCUT2D eigenvalue weighted by molar-refractivity contribution is 0.0475. The Morgan fingerprint density at radius 3 is 2.89 bits per heavy atom. The topological polar surface area (TPSA) is 91.0 Å². The lowest BCUT2D eigenvalue weighted by Gasteiger charge is -1.98. The van der Waals surface area contributed by atoms with Crippen LogP contribution in [0.5, 0.6) is 0 Å². The van der Waals surface area contributed by atoms with Gasteiger partial charge in [-0.25, -0.2) is 4.79 Å². The first kappa shape index (κ1) is 14.0. The summed E-state index contributed by atoms with van der Waals surface area (Å²) in [6.45, 7) is 1.90. The molecular formula is C9H6Cl2N4O3S. The molecule has 0 fully saturated rings. The van der Waals surface area contributed by atoms with E-state index in [2.05, 4.69) is 20.4 Å². The Balaban J connectivity index is 2.15. The maximum absolute atomic E-state index is 11.3. The van der Waals surface area contributed by atoms with Gasteiger partial charge in [-0.15, -0.1) is 15.3 Å². The Labute approximate surface area is 121 Å². The highest BCUT2D eigenvalue weighted by Crippen LogP contribution is 2.32. The molecule has 0 aliphatic heterocycles. The predicted octanol–water partition coefficient (Wildman–Crippen LogP) is 2.49. The number of rotatable bonds is 4. The van der Waals surface area contributed by atoms with Gasteiger partial charge in [-0.05, 0) is 24.8 Å². The molecule has 2 aromatic heterocycles. The van der Waals surface area contributed by atoms with Crippen molar-refractivity contribution in [2.75, 3.05) is 6.61 Å². The molecule has 0 aliphatic rings. The molecule has 7 nitrogen and oxygen atoms in total. The van der Waals surface area contributed by atoms with Crippen molar-refractivity contribution in [2.45, 2.75) is 17.0 Å². The summed E-state index contributed by atoms with van der Waals surface area (Å²) in [5.74, 6) is -0.910. The summed E-state index contributed by atoms with van der Waals surface area (Å²) in [7, 11) is 0. The summed E-state index contributed by atoms with van der Waals surface area (Å²) in [5, 5.41) is 14.9. The zero-order valence-electron chi connectivity index (χ0n) is 9.46. The van der Waals surface area contributed by atoms with Crippen LogP contribution in [0, 0.1) is 0 Å². The van der Waals surface area contributed by atoms with Crippen LogP contribution in [0.3, 0.4) is 0 Å². The SMILES string of the molecule is CCOC(=O)c1nnc(Sc2cc(Cl)nnc2Cl)o1. The Bertz CT molecular complexity index is 607. The third kappa shape index (κ3) is 3.55. The maximum Gasteiger partial charge on any atom is 0.396 e. The summed E-state index contributed by atoms with van der Waals surface area (Å²) < 4.78 is 9.83. The minimum Gasteiger partial charge on any atom is -0.459 e. The van der Waals surface area contributed by atoms with E-state index >= 15 is 0 Å². The largest absolute Gasteiger partial charge is 0.459 e. The molecule has 2 aromatic rings. The first-order chi connectivity index (χ1) is 9.10. The molecule has 19 heavy (non-hydrogen) atoms. The molecule has 0 aromatic carbocycles. The second-order valence-electron chi connectivity index (χ2n) is 3.02. The van der Waals surface area contributed by atoms with Crippen LogP contribution >= 0.6 is 35.0 Å². The van der Waals surface area contributed by atoms with Crippen LogP contribution in [-0.4, -0.2) is 33.0 Å². The van der Waals surface area contributed by atoms with E-state index in [4.69, 9.17) is 32.4 Å². The van der Waals surface area contributed by atoms with Crippen molar-refractivity contribution in [3.63, 3.8) is 0 Å².